The summed E-state index contributed by atoms with van der Waals surface area (Å²) in [5.41, 5.74) is 16.5. The Bertz CT molecular complexity index is 2570. The Balaban J connectivity index is 0.000000123. The van der Waals surface area contributed by atoms with Gasteiger partial charge in [0.25, 0.3) is 0 Å². The summed E-state index contributed by atoms with van der Waals surface area (Å²) in [6, 6.07) is 36.2. The normalized spacial score (nSPS) is 11.5. The summed E-state index contributed by atoms with van der Waals surface area (Å²) < 4.78 is 0. The van der Waals surface area contributed by atoms with E-state index < -0.39 is 0 Å². The van der Waals surface area contributed by atoms with Gasteiger partial charge >= 0.3 is 0 Å². The number of aryl methyl sites for hydroxylation is 12. The quantitative estimate of drug-likeness (QED) is 0.111. The van der Waals surface area contributed by atoms with Gasteiger partial charge in [0.05, 0.1) is 0 Å². The maximum absolute atomic E-state index is 2.31. The molecule has 0 N–H and O–H groups in total. The second kappa shape index (κ2) is 13.4. The lowest BCUT2D eigenvalue weighted by atomic mass is 9.87. The lowest BCUT2D eigenvalue weighted by molar-refractivity contribution is 1.34. The Kier molecular flexibility index (Phi) is 9.08. The minimum absolute atomic E-state index is 1.33. The number of rotatable bonds is 0. The minimum atomic E-state index is 1.33. The van der Waals surface area contributed by atoms with Crippen LogP contribution in [-0.4, -0.2) is 0 Å². The molecule has 0 amide bonds. The zero-order chi connectivity index (χ0) is 37.2. The summed E-state index contributed by atoms with van der Waals surface area (Å²) in [6.45, 7) is 26.4. The first kappa shape index (κ1) is 35.2. The Morgan fingerprint density at radius 2 is 0.481 bits per heavy atom. The van der Waals surface area contributed by atoms with Crippen molar-refractivity contribution in [3.63, 3.8) is 0 Å². The maximum atomic E-state index is 2.31. The van der Waals surface area contributed by atoms with Crippen molar-refractivity contribution < 1.29 is 0 Å². The predicted octanol–water partition coefficient (Wildman–Crippen LogP) is 15.1. The molecule has 0 aliphatic rings. The second-order valence-corrected chi connectivity index (χ2v) is 15.6. The summed E-state index contributed by atoms with van der Waals surface area (Å²) in [6.07, 6.45) is 0. The van der Waals surface area contributed by atoms with Crippen molar-refractivity contribution in [3.05, 3.63) is 164 Å². The fourth-order valence-corrected chi connectivity index (χ4v) is 8.58. The van der Waals surface area contributed by atoms with Crippen molar-refractivity contribution in [2.75, 3.05) is 0 Å². The summed E-state index contributed by atoms with van der Waals surface area (Å²) in [7, 11) is 0. The molecule has 0 heterocycles. The predicted molar refractivity (Wildman–Crippen MR) is 232 cm³/mol. The molecule has 0 atom stereocenters. The van der Waals surface area contributed by atoms with Crippen LogP contribution in [0.2, 0.25) is 0 Å². The summed E-state index contributed by atoms with van der Waals surface area (Å²) in [5.74, 6) is 0. The van der Waals surface area contributed by atoms with E-state index in [2.05, 4.69) is 180 Å². The molecule has 0 spiro atoms. The van der Waals surface area contributed by atoms with Crippen LogP contribution >= 0.6 is 0 Å². The fourth-order valence-electron chi connectivity index (χ4n) is 8.58. The molecule has 52 heavy (non-hydrogen) atoms. The molecule has 0 unspecified atom stereocenters. The van der Waals surface area contributed by atoms with Gasteiger partial charge in [-0.25, -0.2) is 0 Å². The van der Waals surface area contributed by atoms with E-state index in [1.165, 1.54) is 131 Å². The van der Waals surface area contributed by atoms with Crippen LogP contribution in [-0.2, 0) is 0 Å². The van der Waals surface area contributed by atoms with E-state index in [0.29, 0.717) is 0 Å². The lowest BCUT2D eigenvalue weighted by Crippen LogP contribution is -1.92. The van der Waals surface area contributed by atoms with E-state index in [1.807, 2.05) is 0 Å². The van der Waals surface area contributed by atoms with E-state index in [4.69, 9.17) is 0 Å². The Labute approximate surface area is 310 Å². The third-order valence-corrected chi connectivity index (χ3v) is 12.0. The van der Waals surface area contributed by atoms with Gasteiger partial charge in [-0.2, -0.15) is 0 Å². The average molecular weight is 677 g/mol. The molecule has 0 bridgehead atoms. The van der Waals surface area contributed by atoms with Crippen LogP contribution < -0.4 is 0 Å². The molecule has 0 nitrogen and oxygen atoms in total. The van der Waals surface area contributed by atoms with Crippen molar-refractivity contribution in [1.29, 1.82) is 0 Å². The molecular weight excluding hydrogens is 625 g/mol. The van der Waals surface area contributed by atoms with Crippen molar-refractivity contribution in [3.8, 4) is 0 Å². The summed E-state index contributed by atoms with van der Waals surface area (Å²) in [4.78, 5) is 0. The van der Waals surface area contributed by atoms with Crippen LogP contribution in [0.15, 0.2) is 97.1 Å². The molecule has 0 fully saturated rings. The average Bonchev–Trinajstić information content (AvgIpc) is 3.12. The van der Waals surface area contributed by atoms with Gasteiger partial charge in [0.1, 0.15) is 0 Å². The number of hydrogen-bond acceptors (Lipinski definition) is 0. The van der Waals surface area contributed by atoms with Crippen LogP contribution in [0.3, 0.4) is 0 Å². The van der Waals surface area contributed by atoms with Gasteiger partial charge in [-0.05, 0) is 203 Å². The van der Waals surface area contributed by atoms with Gasteiger partial charge < -0.3 is 0 Å². The highest BCUT2D eigenvalue weighted by atomic mass is 14.2. The van der Waals surface area contributed by atoms with Crippen molar-refractivity contribution >= 4 is 64.6 Å². The third-order valence-electron chi connectivity index (χ3n) is 12.0. The second-order valence-electron chi connectivity index (χ2n) is 15.6. The SMILES string of the molecule is Cc1cc(C)c2ccc3c(C)cc(C)c4ccc1c2c43.Cc1ccc2c(C)c(C)ccc2c1C.Cc1ccc2c(C)c3cc(C)ccc3c(C)c2c1. The van der Waals surface area contributed by atoms with E-state index in [9.17, 15) is 0 Å². The number of fused-ring (bicyclic) bond motifs is 3. The van der Waals surface area contributed by atoms with Gasteiger partial charge in [-0.1, -0.05) is 108 Å². The molecule has 0 aliphatic carbocycles. The zero-order valence-corrected chi connectivity index (χ0v) is 33.2. The monoisotopic (exact) mass is 676 g/mol. The van der Waals surface area contributed by atoms with Gasteiger partial charge in [-0.15, -0.1) is 0 Å². The summed E-state index contributed by atoms with van der Waals surface area (Å²) in [5, 5.41) is 16.8. The highest BCUT2D eigenvalue weighted by Crippen LogP contribution is 2.40. The van der Waals surface area contributed by atoms with Crippen LogP contribution in [0.1, 0.15) is 66.8 Å². The molecular formula is C52H52. The van der Waals surface area contributed by atoms with E-state index >= 15 is 0 Å². The van der Waals surface area contributed by atoms with Gasteiger partial charge in [0, 0.05) is 0 Å². The van der Waals surface area contributed by atoms with Crippen molar-refractivity contribution in [2.45, 2.75) is 83.1 Å². The molecule has 9 rings (SSSR count). The topological polar surface area (TPSA) is 0 Å². The molecule has 9 aromatic rings. The minimum Gasteiger partial charge on any atom is -0.0587 e. The molecule has 0 aromatic heterocycles. The Morgan fingerprint density at radius 3 is 0.808 bits per heavy atom. The smallest absolute Gasteiger partial charge is 0.00213 e. The van der Waals surface area contributed by atoms with Crippen LogP contribution in [0.5, 0.6) is 0 Å². The largest absolute Gasteiger partial charge is 0.0587 e. The molecule has 9 aromatic carbocycles. The third kappa shape index (κ3) is 5.89. The molecule has 260 valence electrons. The first-order chi connectivity index (χ1) is 24.8. The van der Waals surface area contributed by atoms with Crippen LogP contribution in [0, 0.1) is 83.1 Å². The van der Waals surface area contributed by atoms with Gasteiger partial charge in [-0.3, -0.25) is 0 Å². The summed E-state index contributed by atoms with van der Waals surface area (Å²) >= 11 is 0. The standard InChI is InChI=1S/C20H18.C18H18.C14H16/c1-11-9-12(2)16-7-8-18-14(4)10-13(3)17-6-5-15(11)19(16)20(17)18;1-11-5-7-15-14(4)18-10-12(2)6-8-16(18)13(3)17(15)9-11;1-9-5-7-14-12(4)10(2)6-8-13(14)11(9)3/h5-10H,1-4H3;5-10H,1-4H3;5-8H,1-4H3. The zero-order valence-electron chi connectivity index (χ0n) is 33.2. The number of hydrogen-bond donors (Lipinski definition) is 0. The highest BCUT2D eigenvalue weighted by Gasteiger charge is 2.14. The Hall–Kier alpha value is -5.20. The Morgan fingerprint density at radius 1 is 0.212 bits per heavy atom. The fraction of sp³-hybridized carbons (Fsp3) is 0.231. The molecule has 0 saturated carbocycles. The van der Waals surface area contributed by atoms with Crippen LogP contribution in [0.4, 0.5) is 0 Å². The van der Waals surface area contributed by atoms with E-state index in [0.717, 1.165) is 0 Å². The number of benzene rings is 9. The van der Waals surface area contributed by atoms with Gasteiger partial charge in [0.15, 0.2) is 0 Å². The van der Waals surface area contributed by atoms with E-state index in [1.54, 1.807) is 0 Å². The van der Waals surface area contributed by atoms with E-state index in [-0.39, 0.29) is 0 Å². The van der Waals surface area contributed by atoms with Gasteiger partial charge in [0.2, 0.25) is 0 Å². The maximum Gasteiger partial charge on any atom is -0.00213 e. The molecule has 0 aliphatic heterocycles. The first-order valence-electron chi connectivity index (χ1n) is 18.8. The van der Waals surface area contributed by atoms with Crippen molar-refractivity contribution in [2.24, 2.45) is 0 Å². The molecule has 0 heteroatoms. The van der Waals surface area contributed by atoms with Crippen molar-refractivity contribution in [1.82, 2.24) is 0 Å². The van der Waals surface area contributed by atoms with Crippen LogP contribution in [0.25, 0.3) is 64.6 Å². The first-order valence-corrected chi connectivity index (χ1v) is 18.8. The molecule has 0 saturated heterocycles. The lowest BCUT2D eigenvalue weighted by Gasteiger charge is -2.17. The molecule has 0 radical (unpaired) electrons. The highest BCUT2D eigenvalue weighted by molar-refractivity contribution is 6.25.